The van der Waals surface area contributed by atoms with Crippen molar-refractivity contribution in [1.29, 1.82) is 0 Å². The van der Waals surface area contributed by atoms with Gasteiger partial charge in [-0.05, 0) is 61.6 Å². The van der Waals surface area contributed by atoms with Gasteiger partial charge in [0.1, 0.15) is 17.5 Å². The molecule has 0 aromatic heterocycles. The Kier molecular flexibility index (Phi) is 4.31. The summed E-state index contributed by atoms with van der Waals surface area (Å²) in [4.78, 5) is 13.4. The smallest absolute Gasteiger partial charge is 0.410 e. The maximum atomic E-state index is 11.8. The van der Waals surface area contributed by atoms with Gasteiger partial charge < -0.3 is 20.1 Å². The summed E-state index contributed by atoms with van der Waals surface area (Å²) < 4.78 is 12.1. The van der Waals surface area contributed by atoms with E-state index in [1.54, 1.807) is 4.90 Å². The molecule has 1 aromatic carbocycles. The van der Waals surface area contributed by atoms with Gasteiger partial charge in [0.15, 0.2) is 0 Å². The van der Waals surface area contributed by atoms with Crippen molar-refractivity contribution in [2.45, 2.75) is 32.5 Å². The molecule has 0 spiro atoms. The summed E-state index contributed by atoms with van der Waals surface area (Å²) in [6, 6.07) is 5.66. The zero-order chi connectivity index (χ0) is 14.9. The molecule has 0 saturated carbocycles. The van der Waals surface area contributed by atoms with Crippen LogP contribution in [0.5, 0.6) is 5.75 Å². The van der Waals surface area contributed by atoms with Crippen LogP contribution in [0.25, 0.3) is 0 Å². The van der Waals surface area contributed by atoms with Crippen LogP contribution in [0.1, 0.15) is 20.8 Å². The van der Waals surface area contributed by atoms with E-state index in [1.807, 2.05) is 39.0 Å². The molecule has 1 fully saturated rings. The standard InChI is InChI=1S/C14H19IN2O3/c1-14(2,3)20-13(18)17-7-10(8-17)19-12-5-4-9(15)6-11(12)16/h4-6,10H,7-8,16H2,1-3H3. The molecule has 20 heavy (non-hydrogen) atoms. The number of nitrogen functional groups attached to an aromatic ring is 1. The lowest BCUT2D eigenvalue weighted by Crippen LogP contribution is -2.57. The molecule has 1 aliphatic rings. The summed E-state index contributed by atoms with van der Waals surface area (Å²) in [7, 11) is 0. The number of nitrogens with two attached hydrogens (primary N) is 1. The van der Waals surface area contributed by atoms with Gasteiger partial charge in [-0.1, -0.05) is 0 Å². The SMILES string of the molecule is CC(C)(C)OC(=O)N1CC(Oc2ccc(I)cc2N)C1. The fraction of sp³-hybridized carbons (Fsp3) is 0.500. The van der Waals surface area contributed by atoms with Gasteiger partial charge in [-0.15, -0.1) is 0 Å². The van der Waals surface area contributed by atoms with Gasteiger partial charge in [0.2, 0.25) is 0 Å². The number of rotatable bonds is 2. The normalized spacial score (nSPS) is 15.7. The summed E-state index contributed by atoms with van der Waals surface area (Å²) in [6.45, 7) is 6.61. The Labute approximate surface area is 132 Å². The fourth-order valence-corrected chi connectivity index (χ4v) is 2.31. The van der Waals surface area contributed by atoms with E-state index in [4.69, 9.17) is 15.2 Å². The van der Waals surface area contributed by atoms with Crippen molar-refractivity contribution < 1.29 is 14.3 Å². The van der Waals surface area contributed by atoms with Crippen LogP contribution < -0.4 is 10.5 Å². The van der Waals surface area contributed by atoms with Crippen LogP contribution in [0.4, 0.5) is 10.5 Å². The van der Waals surface area contributed by atoms with Gasteiger partial charge in [-0.2, -0.15) is 0 Å². The van der Waals surface area contributed by atoms with Crippen molar-refractivity contribution in [1.82, 2.24) is 4.90 Å². The van der Waals surface area contributed by atoms with Crippen molar-refractivity contribution in [3.8, 4) is 5.75 Å². The van der Waals surface area contributed by atoms with E-state index in [9.17, 15) is 4.79 Å². The van der Waals surface area contributed by atoms with Crippen LogP contribution in [0.15, 0.2) is 18.2 Å². The molecule has 1 saturated heterocycles. The molecule has 1 amide bonds. The Hall–Kier alpha value is -1.18. The number of benzene rings is 1. The summed E-state index contributed by atoms with van der Waals surface area (Å²) in [6.07, 6.45) is -0.321. The van der Waals surface area contributed by atoms with Gasteiger partial charge >= 0.3 is 6.09 Å². The second-order valence-corrected chi connectivity index (χ2v) is 7.05. The zero-order valence-electron chi connectivity index (χ0n) is 11.9. The predicted molar refractivity (Wildman–Crippen MR) is 85.8 cm³/mol. The topological polar surface area (TPSA) is 64.8 Å². The van der Waals surface area contributed by atoms with Crippen LogP contribution in [0.2, 0.25) is 0 Å². The summed E-state index contributed by atoms with van der Waals surface area (Å²) in [5.74, 6) is 0.666. The summed E-state index contributed by atoms with van der Waals surface area (Å²) in [5.41, 5.74) is 6.04. The highest BCUT2D eigenvalue weighted by atomic mass is 127. The molecule has 6 heteroatoms. The molecule has 2 rings (SSSR count). The summed E-state index contributed by atoms with van der Waals surface area (Å²) in [5, 5.41) is 0. The van der Waals surface area contributed by atoms with Crippen LogP contribution in [-0.4, -0.2) is 35.8 Å². The molecule has 1 aromatic rings. The molecule has 0 radical (unpaired) electrons. The quantitative estimate of drug-likeness (QED) is 0.623. The fourth-order valence-electron chi connectivity index (χ4n) is 1.79. The number of likely N-dealkylation sites (tertiary alicyclic amines) is 1. The third-order valence-corrected chi connectivity index (χ3v) is 3.44. The van der Waals surface area contributed by atoms with Gasteiger partial charge in [0.25, 0.3) is 0 Å². The highest BCUT2D eigenvalue weighted by molar-refractivity contribution is 14.1. The molecule has 0 atom stereocenters. The third kappa shape index (κ3) is 3.91. The second kappa shape index (κ2) is 5.67. The Morgan fingerprint density at radius 2 is 2.05 bits per heavy atom. The third-order valence-electron chi connectivity index (χ3n) is 2.77. The van der Waals surface area contributed by atoms with Crippen molar-refractivity contribution in [3.63, 3.8) is 0 Å². The first-order valence-electron chi connectivity index (χ1n) is 6.44. The summed E-state index contributed by atoms with van der Waals surface area (Å²) >= 11 is 2.20. The number of carbonyl (C=O) groups excluding carboxylic acids is 1. The van der Waals surface area contributed by atoms with Crippen LogP contribution >= 0.6 is 22.6 Å². The minimum atomic E-state index is -0.469. The van der Waals surface area contributed by atoms with E-state index in [2.05, 4.69) is 22.6 Å². The molecule has 0 bridgehead atoms. The number of nitrogens with zero attached hydrogens (tertiary/aromatic N) is 1. The van der Waals surface area contributed by atoms with Crippen molar-refractivity contribution in [3.05, 3.63) is 21.8 Å². The maximum absolute atomic E-state index is 11.8. The number of ether oxygens (including phenoxy) is 2. The predicted octanol–water partition coefficient (Wildman–Crippen LogP) is 2.87. The lowest BCUT2D eigenvalue weighted by Gasteiger charge is -2.39. The second-order valence-electron chi connectivity index (χ2n) is 5.81. The number of anilines is 1. The average Bonchev–Trinajstić information content (AvgIpc) is 2.22. The number of hydrogen-bond acceptors (Lipinski definition) is 4. The number of carbonyl (C=O) groups is 1. The molecular weight excluding hydrogens is 371 g/mol. The van der Waals surface area contributed by atoms with E-state index < -0.39 is 5.60 Å². The van der Waals surface area contributed by atoms with Gasteiger partial charge in [-0.25, -0.2) is 4.79 Å². The first-order chi connectivity index (χ1) is 9.24. The van der Waals surface area contributed by atoms with Crippen LogP contribution in [0.3, 0.4) is 0 Å². The zero-order valence-corrected chi connectivity index (χ0v) is 14.0. The molecule has 0 aliphatic carbocycles. The first kappa shape index (κ1) is 15.2. The molecule has 0 unspecified atom stereocenters. The molecule has 110 valence electrons. The largest absolute Gasteiger partial charge is 0.485 e. The Balaban J connectivity index is 1.83. The number of amides is 1. The van der Waals surface area contributed by atoms with E-state index >= 15 is 0 Å². The number of halogens is 1. The van der Waals surface area contributed by atoms with Gasteiger partial charge in [0, 0.05) is 3.57 Å². The van der Waals surface area contributed by atoms with Crippen molar-refractivity contribution in [2.75, 3.05) is 18.8 Å². The van der Waals surface area contributed by atoms with E-state index in [-0.39, 0.29) is 12.2 Å². The minimum Gasteiger partial charge on any atom is -0.485 e. The maximum Gasteiger partial charge on any atom is 0.410 e. The Bertz CT molecular complexity index is 508. The van der Waals surface area contributed by atoms with Crippen molar-refractivity contribution in [2.24, 2.45) is 0 Å². The highest BCUT2D eigenvalue weighted by Gasteiger charge is 2.35. The monoisotopic (exact) mass is 390 g/mol. The highest BCUT2D eigenvalue weighted by Crippen LogP contribution is 2.27. The van der Waals surface area contributed by atoms with E-state index in [1.165, 1.54) is 0 Å². The lowest BCUT2D eigenvalue weighted by molar-refractivity contribution is -0.0219. The van der Waals surface area contributed by atoms with Gasteiger partial charge in [-0.3, -0.25) is 0 Å². The average molecular weight is 390 g/mol. The minimum absolute atomic E-state index is 0.0233. The Morgan fingerprint density at radius 1 is 1.40 bits per heavy atom. The Morgan fingerprint density at radius 3 is 2.60 bits per heavy atom. The first-order valence-corrected chi connectivity index (χ1v) is 7.52. The van der Waals surface area contributed by atoms with E-state index in [0.717, 1.165) is 3.57 Å². The van der Waals surface area contributed by atoms with E-state index in [0.29, 0.717) is 24.5 Å². The molecular formula is C14H19IN2O3. The van der Waals surface area contributed by atoms with Crippen LogP contribution in [-0.2, 0) is 4.74 Å². The lowest BCUT2D eigenvalue weighted by atomic mass is 10.1. The van der Waals surface area contributed by atoms with Gasteiger partial charge in [0.05, 0.1) is 18.8 Å². The van der Waals surface area contributed by atoms with Crippen LogP contribution in [0, 0.1) is 3.57 Å². The molecule has 1 heterocycles. The molecule has 2 N–H and O–H groups in total. The molecule has 5 nitrogen and oxygen atoms in total. The van der Waals surface area contributed by atoms with Crippen molar-refractivity contribution >= 4 is 34.4 Å². The molecule has 1 aliphatic heterocycles. The number of hydrogen-bond donors (Lipinski definition) is 1.